The average Bonchev–Trinajstić information content (AvgIpc) is 3.51. The summed E-state index contributed by atoms with van der Waals surface area (Å²) in [6.07, 6.45) is -3.57. The van der Waals surface area contributed by atoms with E-state index >= 15 is 0 Å². The van der Waals surface area contributed by atoms with Gasteiger partial charge in [-0.25, -0.2) is 4.98 Å². The molecule has 0 atom stereocenters. The van der Waals surface area contributed by atoms with E-state index in [0.717, 1.165) is 6.07 Å². The first-order chi connectivity index (χ1) is 17.8. The summed E-state index contributed by atoms with van der Waals surface area (Å²) in [6, 6.07) is 2.11. The Balaban J connectivity index is 1.80. The number of rotatable bonds is 8. The molecular formula is C22H21F3N8O4S. The molecule has 0 aromatic carbocycles. The van der Waals surface area contributed by atoms with Crippen LogP contribution in [0.1, 0.15) is 40.1 Å². The highest BCUT2D eigenvalue weighted by Gasteiger charge is 2.35. The molecule has 16 heteroatoms. The van der Waals surface area contributed by atoms with Gasteiger partial charge >= 0.3 is 12.0 Å². The lowest BCUT2D eigenvalue weighted by Crippen LogP contribution is -2.18. The van der Waals surface area contributed by atoms with Crippen LogP contribution in [-0.4, -0.2) is 41.3 Å². The maximum absolute atomic E-state index is 13.7. The third-order valence-electron chi connectivity index (χ3n) is 5.84. The Bertz CT molecular complexity index is 1590. The molecule has 0 radical (unpaired) electrons. The molecule has 0 spiro atoms. The highest BCUT2D eigenvalue weighted by molar-refractivity contribution is 7.21. The van der Waals surface area contributed by atoms with Gasteiger partial charge in [-0.15, -0.1) is 11.3 Å². The Labute approximate surface area is 216 Å². The molecule has 2 amide bonds. The number of halogens is 3. The van der Waals surface area contributed by atoms with E-state index in [0.29, 0.717) is 34.8 Å². The maximum Gasteiger partial charge on any atom is 0.433 e. The second-order valence-corrected chi connectivity index (χ2v) is 9.28. The highest BCUT2D eigenvalue weighted by Crippen LogP contribution is 2.44. The van der Waals surface area contributed by atoms with E-state index in [-0.39, 0.29) is 45.1 Å². The molecule has 12 nitrogen and oxygen atoms in total. The summed E-state index contributed by atoms with van der Waals surface area (Å²) >= 11 is 0.635. The summed E-state index contributed by atoms with van der Waals surface area (Å²) in [6.45, 7) is 5.55. The van der Waals surface area contributed by atoms with Crippen molar-refractivity contribution < 1.29 is 27.7 Å². The molecule has 0 aliphatic rings. The number of fused-ring (bicyclic) bond motifs is 1. The minimum atomic E-state index is -4.78. The number of alkyl halides is 3. The topological polar surface area (TPSA) is 164 Å². The molecule has 0 unspecified atom stereocenters. The zero-order chi connectivity index (χ0) is 27.9. The fourth-order valence-electron chi connectivity index (χ4n) is 4.00. The van der Waals surface area contributed by atoms with Crippen LogP contribution < -0.4 is 11.1 Å². The van der Waals surface area contributed by atoms with Gasteiger partial charge in [0.15, 0.2) is 0 Å². The molecule has 4 rings (SSSR count). The summed E-state index contributed by atoms with van der Waals surface area (Å²) in [5, 5.41) is 21.7. The first-order valence-corrected chi connectivity index (χ1v) is 12.0. The number of thiophene rings is 1. The summed E-state index contributed by atoms with van der Waals surface area (Å²) in [5.74, 6) is -1.94. The number of nitro groups is 1. The summed E-state index contributed by atoms with van der Waals surface area (Å²) in [7, 11) is 0. The minimum absolute atomic E-state index is 0.0226. The number of pyridine rings is 1. The van der Waals surface area contributed by atoms with E-state index in [9.17, 15) is 32.9 Å². The molecule has 3 N–H and O–H groups in total. The quantitative estimate of drug-likeness (QED) is 0.247. The number of carbonyl (C=O) groups is 2. The molecular weight excluding hydrogens is 529 g/mol. The Morgan fingerprint density at radius 2 is 1.92 bits per heavy atom. The molecule has 0 saturated heterocycles. The fourth-order valence-corrected chi connectivity index (χ4v) is 5.00. The lowest BCUT2D eigenvalue weighted by Gasteiger charge is -2.12. The van der Waals surface area contributed by atoms with Crippen LogP contribution in [0.2, 0.25) is 0 Å². The third kappa shape index (κ3) is 4.93. The number of aromatic nitrogens is 5. The van der Waals surface area contributed by atoms with Crippen molar-refractivity contribution in [3.05, 3.63) is 50.4 Å². The molecule has 38 heavy (non-hydrogen) atoms. The van der Waals surface area contributed by atoms with Crippen LogP contribution in [0.4, 0.5) is 24.7 Å². The van der Waals surface area contributed by atoms with Crippen LogP contribution in [-0.2, 0) is 24.1 Å². The molecule has 0 aliphatic carbocycles. The number of nitrogens with zero attached hydrogens (tertiary/aromatic N) is 6. The smallest absolute Gasteiger partial charge is 0.365 e. The van der Waals surface area contributed by atoms with Crippen LogP contribution in [0.5, 0.6) is 0 Å². The molecule has 0 bridgehead atoms. The molecule has 4 heterocycles. The van der Waals surface area contributed by atoms with Gasteiger partial charge in [-0.05, 0) is 37.3 Å². The molecule has 0 aliphatic heterocycles. The van der Waals surface area contributed by atoms with Gasteiger partial charge in [0.1, 0.15) is 15.4 Å². The SMILES string of the molecule is CCn1ncc(-c2cc(C(F)(F)F)nc3sc(C(N)=O)c(NC(=O)CCn4nc([N+](=O)[O-])cc4C)c23)c1C. The predicted octanol–water partition coefficient (Wildman–Crippen LogP) is 4.05. The van der Waals surface area contributed by atoms with Gasteiger partial charge in [0.05, 0.1) is 35.3 Å². The van der Waals surface area contributed by atoms with Crippen molar-refractivity contribution in [2.75, 3.05) is 5.32 Å². The third-order valence-corrected chi connectivity index (χ3v) is 6.94. The van der Waals surface area contributed by atoms with Crippen molar-refractivity contribution in [1.82, 2.24) is 24.5 Å². The summed E-state index contributed by atoms with van der Waals surface area (Å²) < 4.78 is 44.0. The minimum Gasteiger partial charge on any atom is -0.365 e. The average molecular weight is 551 g/mol. The van der Waals surface area contributed by atoms with E-state index in [1.807, 2.05) is 6.92 Å². The van der Waals surface area contributed by atoms with Crippen molar-refractivity contribution in [3.63, 3.8) is 0 Å². The number of nitrogens with one attached hydrogen (secondary N) is 1. The van der Waals surface area contributed by atoms with Crippen LogP contribution in [0.25, 0.3) is 21.3 Å². The number of hydrogen-bond donors (Lipinski definition) is 2. The molecule has 0 saturated carbocycles. The van der Waals surface area contributed by atoms with Gasteiger partial charge in [0, 0.05) is 29.6 Å². The number of hydrogen-bond acceptors (Lipinski definition) is 8. The Kier molecular flexibility index (Phi) is 6.92. The summed E-state index contributed by atoms with van der Waals surface area (Å²) in [4.78, 5) is 38.8. The van der Waals surface area contributed by atoms with Crippen molar-refractivity contribution >= 4 is 44.9 Å². The van der Waals surface area contributed by atoms with Crippen molar-refractivity contribution in [2.24, 2.45) is 5.73 Å². The Hall–Kier alpha value is -4.34. The normalized spacial score (nSPS) is 11.7. The highest BCUT2D eigenvalue weighted by atomic mass is 32.1. The monoisotopic (exact) mass is 550 g/mol. The van der Waals surface area contributed by atoms with E-state index in [1.54, 1.807) is 18.5 Å². The number of nitrogens with two attached hydrogens (primary N) is 1. The second kappa shape index (κ2) is 9.85. The number of amides is 2. The van der Waals surface area contributed by atoms with E-state index in [4.69, 9.17) is 5.73 Å². The zero-order valence-corrected chi connectivity index (χ0v) is 21.1. The Morgan fingerprint density at radius 3 is 2.47 bits per heavy atom. The first-order valence-electron chi connectivity index (χ1n) is 11.2. The second-order valence-electron chi connectivity index (χ2n) is 8.29. The molecule has 0 fully saturated rings. The van der Waals surface area contributed by atoms with Crippen LogP contribution >= 0.6 is 11.3 Å². The zero-order valence-electron chi connectivity index (χ0n) is 20.3. The largest absolute Gasteiger partial charge is 0.433 e. The number of primary amides is 1. The number of anilines is 1. The number of carbonyl (C=O) groups excluding carboxylic acids is 2. The Morgan fingerprint density at radius 1 is 1.21 bits per heavy atom. The van der Waals surface area contributed by atoms with Crippen LogP contribution in [0.3, 0.4) is 0 Å². The van der Waals surface area contributed by atoms with Crippen LogP contribution in [0, 0.1) is 24.0 Å². The standard InChI is InChI=1S/C22H21F3N8O4S/c1-4-31-11(3)13(9-27-31)12-8-14(22(23,24)25)28-21-17(12)18(19(38-21)20(26)35)29-16(34)5-6-32-10(2)7-15(30-32)33(36)37/h7-9H,4-6H2,1-3H3,(H2,26,35)(H,29,34). The van der Waals surface area contributed by atoms with E-state index in [1.165, 1.54) is 16.9 Å². The van der Waals surface area contributed by atoms with Gasteiger partial charge in [0.25, 0.3) is 5.91 Å². The van der Waals surface area contributed by atoms with E-state index < -0.39 is 28.6 Å². The molecule has 4 aromatic rings. The molecule has 200 valence electrons. The van der Waals surface area contributed by atoms with Gasteiger partial charge < -0.3 is 21.2 Å². The first kappa shape index (κ1) is 26.7. The molecule has 4 aromatic heterocycles. The van der Waals surface area contributed by atoms with Gasteiger partial charge in [0.2, 0.25) is 5.91 Å². The summed E-state index contributed by atoms with van der Waals surface area (Å²) in [5.41, 5.74) is 5.76. The van der Waals surface area contributed by atoms with Gasteiger partial charge in [-0.2, -0.15) is 23.0 Å². The van der Waals surface area contributed by atoms with Crippen molar-refractivity contribution in [1.29, 1.82) is 0 Å². The lowest BCUT2D eigenvalue weighted by atomic mass is 10.0. The maximum atomic E-state index is 13.7. The van der Waals surface area contributed by atoms with E-state index in [2.05, 4.69) is 20.5 Å². The fraction of sp³-hybridized carbons (Fsp3) is 0.318. The van der Waals surface area contributed by atoms with Crippen molar-refractivity contribution in [3.8, 4) is 11.1 Å². The predicted molar refractivity (Wildman–Crippen MR) is 132 cm³/mol. The number of aryl methyl sites for hydroxylation is 3. The van der Waals surface area contributed by atoms with Crippen LogP contribution in [0.15, 0.2) is 18.3 Å². The van der Waals surface area contributed by atoms with Crippen molar-refractivity contribution in [2.45, 2.75) is 46.5 Å². The van der Waals surface area contributed by atoms with Gasteiger partial charge in [-0.1, -0.05) is 0 Å². The van der Waals surface area contributed by atoms with Gasteiger partial charge in [-0.3, -0.25) is 14.3 Å². The lowest BCUT2D eigenvalue weighted by molar-refractivity contribution is -0.389.